The van der Waals surface area contributed by atoms with Crippen LogP contribution in [0.3, 0.4) is 0 Å². The lowest BCUT2D eigenvalue weighted by Gasteiger charge is -2.33. The van der Waals surface area contributed by atoms with Crippen molar-refractivity contribution in [1.29, 1.82) is 0 Å². The van der Waals surface area contributed by atoms with Crippen molar-refractivity contribution in [3.63, 3.8) is 0 Å². The first kappa shape index (κ1) is 44.7. The van der Waals surface area contributed by atoms with Gasteiger partial charge in [0.2, 0.25) is 0 Å². The highest BCUT2D eigenvalue weighted by Gasteiger charge is 2.39. The van der Waals surface area contributed by atoms with E-state index in [1.54, 1.807) is 20.8 Å². The minimum atomic E-state index is -1.37. The molecule has 1 aliphatic heterocycles. The largest absolute Gasteiger partial charge is 0.458 e. The van der Waals surface area contributed by atoms with Crippen molar-refractivity contribution in [2.75, 3.05) is 45.3 Å². The summed E-state index contributed by atoms with van der Waals surface area (Å²) in [6.07, 6.45) is -2.87. The van der Waals surface area contributed by atoms with Crippen LogP contribution in [0.15, 0.2) is 54.6 Å². The Bertz CT molecular complexity index is 1550. The van der Waals surface area contributed by atoms with Crippen LogP contribution in [0.25, 0.3) is 0 Å². The minimum absolute atomic E-state index is 0.00544. The van der Waals surface area contributed by atoms with Crippen LogP contribution in [-0.4, -0.2) is 110 Å². The molecule has 304 valence electrons. The van der Waals surface area contributed by atoms with Gasteiger partial charge in [-0.1, -0.05) is 70.2 Å². The lowest BCUT2D eigenvalue weighted by molar-refractivity contribution is -0.174. The molecule has 2 aromatic rings. The quantitative estimate of drug-likeness (QED) is 0.142. The van der Waals surface area contributed by atoms with Gasteiger partial charge in [0.05, 0.1) is 13.2 Å². The molecule has 2 amide bonds. The molecule has 0 spiro atoms. The van der Waals surface area contributed by atoms with Crippen molar-refractivity contribution in [2.24, 2.45) is 11.8 Å². The average molecular weight is 768 g/mol. The van der Waals surface area contributed by atoms with E-state index in [1.165, 1.54) is 30.8 Å². The Labute approximate surface area is 326 Å². The minimum Gasteiger partial charge on any atom is -0.458 e. The molecule has 0 bridgehead atoms. The molecule has 13 nitrogen and oxygen atoms in total. The van der Waals surface area contributed by atoms with Crippen LogP contribution in [-0.2, 0) is 55.9 Å². The van der Waals surface area contributed by atoms with Crippen molar-refractivity contribution < 1.29 is 47.7 Å². The molecule has 4 unspecified atom stereocenters. The number of carbonyl (C=O) groups excluding carboxylic acids is 5. The van der Waals surface area contributed by atoms with Crippen LogP contribution in [0.2, 0.25) is 0 Å². The zero-order valence-corrected chi connectivity index (χ0v) is 34.2. The second-order valence-electron chi connectivity index (χ2n) is 15.9. The Balaban J connectivity index is 1.88. The van der Waals surface area contributed by atoms with Gasteiger partial charge in [-0.15, -0.1) is 0 Å². The number of amides is 2. The van der Waals surface area contributed by atoms with Crippen LogP contribution < -0.4 is 4.90 Å². The topological polar surface area (TPSA) is 141 Å². The average Bonchev–Trinajstić information content (AvgIpc) is 3.13. The lowest BCUT2D eigenvalue weighted by atomic mass is 10.0. The van der Waals surface area contributed by atoms with Crippen LogP contribution in [0.4, 0.5) is 10.5 Å². The second-order valence-corrected chi connectivity index (χ2v) is 15.9. The SMILES string of the molecule is CC(C)CC(C(=O)OC(Cc1ccc(N2CCOCC2)cc1)C(=O)N(C)C(CC(C)C)C(=O)OC(C)C(=O)OCc1ccccc1)N(C)C(=O)OC(C)(C)C. The van der Waals surface area contributed by atoms with E-state index in [4.69, 9.17) is 23.7 Å². The van der Waals surface area contributed by atoms with E-state index in [2.05, 4.69) is 4.90 Å². The van der Waals surface area contributed by atoms with Crippen LogP contribution in [0.5, 0.6) is 0 Å². The maximum absolute atomic E-state index is 14.5. The molecule has 0 saturated carbocycles. The van der Waals surface area contributed by atoms with Gasteiger partial charge in [0.1, 0.15) is 24.3 Å². The van der Waals surface area contributed by atoms with Crippen molar-refractivity contribution in [3.8, 4) is 0 Å². The maximum Gasteiger partial charge on any atom is 0.410 e. The zero-order chi connectivity index (χ0) is 40.9. The number of anilines is 1. The van der Waals surface area contributed by atoms with E-state index >= 15 is 0 Å². The van der Waals surface area contributed by atoms with Gasteiger partial charge in [0.15, 0.2) is 12.2 Å². The summed E-state index contributed by atoms with van der Waals surface area (Å²) in [6, 6.07) is 14.6. The summed E-state index contributed by atoms with van der Waals surface area (Å²) in [5.41, 5.74) is 1.69. The molecule has 1 heterocycles. The summed E-state index contributed by atoms with van der Waals surface area (Å²) >= 11 is 0. The fraction of sp³-hybridized carbons (Fsp3) is 0.595. The van der Waals surface area contributed by atoms with Gasteiger partial charge in [0.25, 0.3) is 5.91 Å². The summed E-state index contributed by atoms with van der Waals surface area (Å²) in [7, 11) is 2.92. The summed E-state index contributed by atoms with van der Waals surface area (Å²) < 4.78 is 28.0. The number of benzene rings is 2. The zero-order valence-electron chi connectivity index (χ0n) is 34.2. The molecule has 0 N–H and O–H groups in total. The fourth-order valence-electron chi connectivity index (χ4n) is 5.98. The van der Waals surface area contributed by atoms with Gasteiger partial charge in [-0.25, -0.2) is 19.2 Å². The maximum atomic E-state index is 14.5. The molecule has 1 fully saturated rings. The number of hydrogen-bond donors (Lipinski definition) is 0. The molecular weight excluding hydrogens is 706 g/mol. The fourth-order valence-corrected chi connectivity index (χ4v) is 5.98. The molecule has 2 aromatic carbocycles. The number of ether oxygens (including phenoxy) is 5. The molecule has 4 atom stereocenters. The van der Waals surface area contributed by atoms with Crippen molar-refractivity contribution >= 4 is 35.6 Å². The summed E-state index contributed by atoms with van der Waals surface area (Å²) in [6.45, 7) is 17.0. The van der Waals surface area contributed by atoms with E-state index in [-0.39, 0.29) is 37.7 Å². The first-order valence-electron chi connectivity index (χ1n) is 19.1. The number of likely N-dealkylation sites (N-methyl/N-ethyl adjacent to an activating group) is 2. The van der Waals surface area contributed by atoms with Gasteiger partial charge in [-0.3, -0.25) is 9.69 Å². The molecule has 55 heavy (non-hydrogen) atoms. The van der Waals surface area contributed by atoms with Gasteiger partial charge in [-0.2, -0.15) is 0 Å². The highest BCUT2D eigenvalue weighted by atomic mass is 16.6. The van der Waals surface area contributed by atoms with E-state index in [9.17, 15) is 24.0 Å². The van der Waals surface area contributed by atoms with E-state index in [0.717, 1.165) is 29.9 Å². The lowest BCUT2D eigenvalue weighted by Crippen LogP contribution is -2.52. The summed E-state index contributed by atoms with van der Waals surface area (Å²) in [5.74, 6) is -3.02. The Hall–Kier alpha value is -4.65. The van der Waals surface area contributed by atoms with Crippen LogP contribution in [0, 0.1) is 11.8 Å². The van der Waals surface area contributed by atoms with Crippen molar-refractivity contribution in [3.05, 3.63) is 65.7 Å². The first-order chi connectivity index (χ1) is 25.9. The normalized spacial score (nSPS) is 15.4. The molecule has 0 aliphatic carbocycles. The molecule has 0 radical (unpaired) electrons. The van der Waals surface area contributed by atoms with Gasteiger partial charge in [0, 0.05) is 39.3 Å². The predicted molar refractivity (Wildman–Crippen MR) is 208 cm³/mol. The Kier molecular flexibility index (Phi) is 17.0. The molecular formula is C42H61N3O10. The highest BCUT2D eigenvalue weighted by Crippen LogP contribution is 2.23. The van der Waals surface area contributed by atoms with Gasteiger partial charge < -0.3 is 33.5 Å². The van der Waals surface area contributed by atoms with Crippen LogP contribution in [0.1, 0.15) is 79.4 Å². The molecule has 13 heteroatoms. The second kappa shape index (κ2) is 20.9. The van der Waals surface area contributed by atoms with Gasteiger partial charge >= 0.3 is 24.0 Å². The van der Waals surface area contributed by atoms with Crippen molar-refractivity contribution in [2.45, 2.75) is 111 Å². The van der Waals surface area contributed by atoms with E-state index < -0.39 is 59.8 Å². The monoisotopic (exact) mass is 767 g/mol. The van der Waals surface area contributed by atoms with Crippen molar-refractivity contribution in [1.82, 2.24) is 9.80 Å². The van der Waals surface area contributed by atoms with Gasteiger partial charge in [-0.05, 0) is 75.6 Å². The highest BCUT2D eigenvalue weighted by molar-refractivity contribution is 5.90. The Morgan fingerprint density at radius 1 is 0.727 bits per heavy atom. The third kappa shape index (κ3) is 14.5. The summed E-state index contributed by atoms with van der Waals surface area (Å²) in [4.78, 5) is 72.7. The molecule has 1 aliphatic rings. The molecule has 0 aromatic heterocycles. The van der Waals surface area contributed by atoms with E-state index in [0.29, 0.717) is 13.2 Å². The number of hydrogen-bond acceptors (Lipinski definition) is 11. The number of rotatable bonds is 17. The number of nitrogens with zero attached hydrogens (tertiary/aromatic N) is 3. The Morgan fingerprint density at radius 3 is 1.82 bits per heavy atom. The molecule has 3 rings (SSSR count). The molecule has 1 saturated heterocycles. The van der Waals surface area contributed by atoms with Crippen LogP contribution >= 0.6 is 0 Å². The number of carbonyl (C=O) groups is 5. The number of morpholine rings is 1. The third-order valence-corrected chi connectivity index (χ3v) is 9.01. The first-order valence-corrected chi connectivity index (χ1v) is 19.1. The third-order valence-electron chi connectivity index (χ3n) is 9.01. The summed E-state index contributed by atoms with van der Waals surface area (Å²) in [5, 5.41) is 0. The van der Waals surface area contributed by atoms with E-state index in [1.807, 2.05) is 82.3 Å². The number of esters is 3. The smallest absolute Gasteiger partial charge is 0.410 e. The predicted octanol–water partition coefficient (Wildman–Crippen LogP) is 5.81. The Morgan fingerprint density at radius 2 is 1.27 bits per heavy atom. The standard InChI is InChI=1S/C42H61N3O10/c1-28(2)24-34(39(48)53-30(5)38(47)52-27-32-14-12-11-13-15-32)43(9)37(46)36(26-31-16-18-33(19-17-31)45-20-22-51-23-21-45)54-40(49)35(25-29(3)4)44(10)41(50)55-42(6,7)8/h11-19,28-30,34-36H,20-27H2,1-10H3.